The van der Waals surface area contributed by atoms with E-state index in [9.17, 15) is 4.79 Å². The Labute approximate surface area is 164 Å². The van der Waals surface area contributed by atoms with Gasteiger partial charge in [-0.15, -0.1) is 0 Å². The summed E-state index contributed by atoms with van der Waals surface area (Å²) in [5.74, 6) is -0.0938. The first-order chi connectivity index (χ1) is 12.3. The van der Waals surface area contributed by atoms with E-state index < -0.39 is 0 Å². The summed E-state index contributed by atoms with van der Waals surface area (Å²) < 4.78 is 0. The molecule has 0 aliphatic heterocycles. The second-order valence-electron chi connectivity index (χ2n) is 5.41. The molecule has 0 amide bonds. The smallest absolute Gasteiger partial charge is 0.594 e. The Balaban J connectivity index is 0.000000351. The first-order valence-corrected chi connectivity index (χ1v) is 8.04. The molecule has 0 saturated heterocycles. The predicted molar refractivity (Wildman–Crippen MR) is 103 cm³/mol. The molecule has 0 fully saturated rings. The van der Waals surface area contributed by atoms with Gasteiger partial charge in [0.15, 0.2) is 5.78 Å². The summed E-state index contributed by atoms with van der Waals surface area (Å²) in [7, 11) is 0. The zero-order valence-electron chi connectivity index (χ0n) is 14.0. The minimum atomic E-state index is -0.0938. The number of nitrogens with zero attached hydrogens (tertiary/aromatic N) is 1. The quantitative estimate of drug-likeness (QED) is 0.449. The first kappa shape index (κ1) is 19.4. The molecule has 0 heterocycles. The largest absolute Gasteiger partial charge is 2.00 e. The van der Waals surface area contributed by atoms with Crippen molar-refractivity contribution in [1.82, 2.24) is 0 Å². The third-order valence-corrected chi connectivity index (χ3v) is 3.59. The van der Waals surface area contributed by atoms with Crippen molar-refractivity contribution in [3.63, 3.8) is 0 Å². The van der Waals surface area contributed by atoms with Gasteiger partial charge >= 0.3 is 17.1 Å². The topological polar surface area (TPSA) is 43.2 Å². The maximum absolute atomic E-state index is 11.8. The molecule has 2 aliphatic rings. The number of nitrogens with one attached hydrogen (secondary N) is 1. The number of rotatable bonds is 3. The summed E-state index contributed by atoms with van der Waals surface area (Å²) >= 11 is 0. The normalized spacial score (nSPS) is 14.3. The summed E-state index contributed by atoms with van der Waals surface area (Å²) in [6.07, 6.45) is 13.1. The van der Waals surface area contributed by atoms with Gasteiger partial charge in [0.1, 0.15) is 0 Å². The third-order valence-electron chi connectivity index (χ3n) is 3.59. The Hall–Kier alpha value is -2.94. The Bertz CT molecular complexity index is 826. The van der Waals surface area contributed by atoms with E-state index in [4.69, 9.17) is 0 Å². The van der Waals surface area contributed by atoms with Crippen LogP contribution in [0.4, 0.5) is 5.69 Å². The zero-order valence-corrected chi connectivity index (χ0v) is 15.1. The first-order valence-electron chi connectivity index (χ1n) is 8.04. The van der Waals surface area contributed by atoms with Crippen LogP contribution in [-0.2, 0) is 21.9 Å². The molecule has 0 atom stereocenters. The number of para-hydroxylation sites is 1. The molecule has 1 N–H and O–H groups in total. The molecule has 0 spiro atoms. The molecular formula is C22H18FeN2O. The van der Waals surface area contributed by atoms with Gasteiger partial charge in [0.25, 0.3) is 0 Å². The minimum absolute atomic E-state index is 0. The van der Waals surface area contributed by atoms with E-state index in [-0.39, 0.29) is 22.9 Å². The van der Waals surface area contributed by atoms with Crippen molar-refractivity contribution in [1.29, 1.82) is 0 Å². The molecule has 0 aromatic heterocycles. The monoisotopic (exact) mass is 382 g/mol. The molecule has 2 aromatic rings. The van der Waals surface area contributed by atoms with Crippen molar-refractivity contribution in [2.75, 3.05) is 5.43 Å². The molecule has 2 aliphatic carbocycles. The molecule has 26 heavy (non-hydrogen) atoms. The Morgan fingerprint density at radius 1 is 0.808 bits per heavy atom. The molecule has 0 unspecified atom stereocenters. The van der Waals surface area contributed by atoms with Gasteiger partial charge in [0.05, 0.1) is 0 Å². The fourth-order valence-electron chi connectivity index (χ4n) is 2.31. The van der Waals surface area contributed by atoms with Crippen LogP contribution in [0.5, 0.6) is 0 Å². The Morgan fingerprint density at radius 2 is 1.50 bits per heavy atom. The number of hydrogen-bond acceptors (Lipinski definition) is 2. The maximum atomic E-state index is 11.8. The van der Waals surface area contributed by atoms with E-state index in [0.717, 1.165) is 16.8 Å². The van der Waals surface area contributed by atoms with Crippen LogP contribution >= 0.6 is 0 Å². The molecule has 2 aromatic carbocycles. The van der Waals surface area contributed by atoms with Crippen LogP contribution in [-0.4, -0.2) is 5.78 Å². The molecule has 130 valence electrons. The molecule has 0 radical (unpaired) electrons. The predicted octanol–water partition coefficient (Wildman–Crippen LogP) is 5.24. The Morgan fingerprint density at radius 3 is 2.12 bits per heavy atom. The van der Waals surface area contributed by atoms with Crippen LogP contribution in [0, 0.1) is 0 Å². The number of benzene rings is 1. The third kappa shape index (κ3) is 5.55. The molecular weight excluding hydrogens is 364 g/mol. The number of carbonyl (C=O) groups excluding carboxylic acids is 1. The number of allylic oxidation sites excluding steroid dienone is 9. The molecule has 0 bridgehead atoms. The van der Waals surface area contributed by atoms with Crippen molar-refractivity contribution in [3.05, 3.63) is 125 Å². The number of anilines is 1. The van der Waals surface area contributed by atoms with Gasteiger partial charge in [-0.25, -0.2) is 12.1 Å². The van der Waals surface area contributed by atoms with Crippen molar-refractivity contribution in [3.8, 4) is 0 Å². The maximum Gasteiger partial charge on any atom is 2.00 e. The zero-order chi connectivity index (χ0) is 17.3. The summed E-state index contributed by atoms with van der Waals surface area (Å²) in [4.78, 5) is 11.8. The van der Waals surface area contributed by atoms with Crippen LogP contribution in [0.1, 0.15) is 0 Å². The van der Waals surface area contributed by atoms with Crippen molar-refractivity contribution >= 4 is 11.5 Å². The van der Waals surface area contributed by atoms with Gasteiger partial charge in [0.2, 0.25) is 0 Å². The van der Waals surface area contributed by atoms with Crippen LogP contribution in [0.2, 0.25) is 0 Å². The van der Waals surface area contributed by atoms with E-state index in [0.29, 0.717) is 5.70 Å². The van der Waals surface area contributed by atoms with E-state index in [2.05, 4.69) is 10.9 Å². The fourth-order valence-corrected chi connectivity index (χ4v) is 2.31. The van der Waals surface area contributed by atoms with Gasteiger partial charge < -0.3 is 10.9 Å². The van der Waals surface area contributed by atoms with Crippen LogP contribution in [0.15, 0.2) is 120 Å². The average Bonchev–Trinajstić information content (AvgIpc) is 3.38. The van der Waals surface area contributed by atoms with Crippen molar-refractivity contribution < 1.29 is 21.9 Å². The summed E-state index contributed by atoms with van der Waals surface area (Å²) in [6, 6.07) is 19.6. The fraction of sp³-hybridized carbons (Fsp3) is 0. The van der Waals surface area contributed by atoms with E-state index in [1.54, 1.807) is 12.2 Å². The van der Waals surface area contributed by atoms with E-state index in [1.165, 1.54) is 0 Å². The second-order valence-corrected chi connectivity index (χ2v) is 5.41. The summed E-state index contributed by atoms with van der Waals surface area (Å²) in [6.45, 7) is 0. The van der Waals surface area contributed by atoms with Gasteiger partial charge in [-0.05, 0) is 29.4 Å². The molecule has 0 saturated carbocycles. The van der Waals surface area contributed by atoms with Gasteiger partial charge in [-0.3, -0.25) is 4.79 Å². The standard InChI is InChI=1S/C17H13N2O.C5H5.Fe/c20-17-11-10-14(13-6-4-5-7-13)12-16(17)19-18-15-8-2-1-3-9-15;1-2-4-5-3-1;/h1-12,18H;1-5H;/q2*-1;+2. The van der Waals surface area contributed by atoms with Crippen LogP contribution in [0.25, 0.3) is 5.43 Å². The number of carbonyl (C=O) groups is 1. The molecule has 4 heteroatoms. The summed E-state index contributed by atoms with van der Waals surface area (Å²) in [5.41, 5.74) is 10.4. The average molecular weight is 382 g/mol. The second kappa shape index (κ2) is 10.1. The van der Waals surface area contributed by atoms with Crippen molar-refractivity contribution in [2.45, 2.75) is 0 Å². The number of ketones is 1. The number of hydrogen-bond donors (Lipinski definition) is 1. The van der Waals surface area contributed by atoms with Gasteiger partial charge in [-0.2, -0.15) is 18.2 Å². The Kier molecular flexibility index (Phi) is 7.56. The van der Waals surface area contributed by atoms with Crippen LogP contribution in [0.3, 0.4) is 0 Å². The molecule has 4 rings (SSSR count). The van der Waals surface area contributed by atoms with Crippen LogP contribution < -0.4 is 5.43 Å². The van der Waals surface area contributed by atoms with Gasteiger partial charge in [-0.1, -0.05) is 60.4 Å². The van der Waals surface area contributed by atoms with Gasteiger partial charge in [0, 0.05) is 5.69 Å². The van der Waals surface area contributed by atoms with E-state index in [1.807, 2.05) is 91.0 Å². The SMILES string of the molecule is O=C1C=CC(=C2C=CC=C2)C=C1[N-]Nc1ccccc1.[Fe+2].c1cc[cH-]c1. The van der Waals surface area contributed by atoms with Crippen molar-refractivity contribution in [2.24, 2.45) is 0 Å². The summed E-state index contributed by atoms with van der Waals surface area (Å²) in [5, 5.41) is 0. The molecule has 3 nitrogen and oxygen atoms in total. The van der Waals surface area contributed by atoms with E-state index >= 15 is 0 Å². The minimum Gasteiger partial charge on any atom is -0.594 e.